The van der Waals surface area contributed by atoms with Gasteiger partial charge >= 0.3 is 6.09 Å². The molecule has 3 heterocycles. The van der Waals surface area contributed by atoms with Crippen molar-refractivity contribution in [3.8, 4) is 0 Å². The van der Waals surface area contributed by atoms with E-state index in [1.807, 2.05) is 0 Å². The summed E-state index contributed by atoms with van der Waals surface area (Å²) in [7, 11) is 0. The van der Waals surface area contributed by atoms with Crippen molar-refractivity contribution in [2.24, 2.45) is 11.1 Å². The van der Waals surface area contributed by atoms with E-state index in [1.165, 1.54) is 0 Å². The van der Waals surface area contributed by atoms with E-state index < -0.39 is 11.6 Å². The number of primary amides is 1. The van der Waals surface area contributed by atoms with Crippen LogP contribution < -0.4 is 5.73 Å². The van der Waals surface area contributed by atoms with Gasteiger partial charge in [0.2, 0.25) is 5.91 Å². The van der Waals surface area contributed by atoms with E-state index in [0.29, 0.717) is 12.2 Å². The van der Waals surface area contributed by atoms with E-state index in [-0.39, 0.29) is 35.1 Å². The summed E-state index contributed by atoms with van der Waals surface area (Å²) in [6.45, 7) is 6.60. The summed E-state index contributed by atoms with van der Waals surface area (Å²) < 4.78 is 5.37. The van der Waals surface area contributed by atoms with Gasteiger partial charge in [0, 0.05) is 5.41 Å². The maximum atomic E-state index is 13.4. The molecule has 0 radical (unpaired) electrons. The minimum Gasteiger partial charge on any atom is -0.449 e. The van der Waals surface area contributed by atoms with Crippen molar-refractivity contribution in [2.45, 2.75) is 64.2 Å². The van der Waals surface area contributed by atoms with Crippen LogP contribution in [0, 0.1) is 5.41 Å². The van der Waals surface area contributed by atoms with Crippen LogP contribution >= 0.6 is 0 Å². The van der Waals surface area contributed by atoms with Crippen LogP contribution in [0.25, 0.3) is 0 Å². The quantitative estimate of drug-likeness (QED) is 0.602. The first kappa shape index (κ1) is 18.8. The predicted octanol–water partition coefficient (Wildman–Crippen LogP) is 2.75. The van der Waals surface area contributed by atoms with Crippen molar-refractivity contribution < 1.29 is 19.1 Å². The number of rotatable bonds is 6. The average Bonchev–Trinajstić information content (AvgIpc) is 3.53. The van der Waals surface area contributed by atoms with Crippen molar-refractivity contribution in [1.29, 1.82) is 0 Å². The van der Waals surface area contributed by atoms with Gasteiger partial charge in [0.05, 0.1) is 23.2 Å². The third kappa shape index (κ3) is 2.45. The highest BCUT2D eigenvalue weighted by atomic mass is 16.6. The SMILES string of the molecule is CCCCC[C@@H]1N(C(=O)c2ccccc2C(N)=O)[C@]12C1N2C(=O)OCC1(C)C. The first-order valence-electron chi connectivity index (χ1n) is 9.97. The molecule has 3 amide bonds. The van der Waals surface area contributed by atoms with Crippen molar-refractivity contribution in [3.05, 3.63) is 35.4 Å². The molecule has 2 N–H and O–H groups in total. The summed E-state index contributed by atoms with van der Waals surface area (Å²) in [5, 5.41) is 0. The molecule has 3 saturated heterocycles. The van der Waals surface area contributed by atoms with Crippen molar-refractivity contribution in [1.82, 2.24) is 9.80 Å². The van der Waals surface area contributed by atoms with Gasteiger partial charge in [-0.2, -0.15) is 0 Å². The number of carbonyl (C=O) groups excluding carboxylic acids is 3. The molecule has 7 nitrogen and oxygen atoms in total. The number of nitrogens with two attached hydrogens (primary N) is 1. The number of fused-ring (bicyclic) bond motifs is 3. The topological polar surface area (TPSA) is 92.5 Å². The Morgan fingerprint density at radius 3 is 2.50 bits per heavy atom. The fourth-order valence-corrected chi connectivity index (χ4v) is 5.06. The number of carbonyl (C=O) groups is 3. The van der Waals surface area contributed by atoms with Crippen LogP contribution in [0.3, 0.4) is 0 Å². The van der Waals surface area contributed by atoms with Gasteiger partial charge in [-0.15, -0.1) is 0 Å². The number of ether oxygens (including phenoxy) is 1. The van der Waals surface area contributed by atoms with E-state index in [4.69, 9.17) is 10.5 Å². The Balaban J connectivity index is 1.69. The summed E-state index contributed by atoms with van der Waals surface area (Å²) in [6, 6.07) is 6.49. The first-order valence-corrected chi connectivity index (χ1v) is 9.97. The summed E-state index contributed by atoms with van der Waals surface area (Å²) >= 11 is 0. The van der Waals surface area contributed by atoms with Crippen LogP contribution in [-0.2, 0) is 4.74 Å². The first-order chi connectivity index (χ1) is 13.3. The Hall–Kier alpha value is -2.57. The molecular formula is C21H27N3O4. The second kappa shape index (κ2) is 6.22. The molecule has 3 aliphatic heterocycles. The van der Waals surface area contributed by atoms with Gasteiger partial charge in [-0.05, 0) is 18.6 Å². The Bertz CT molecular complexity index is 852. The Morgan fingerprint density at radius 1 is 1.21 bits per heavy atom. The van der Waals surface area contributed by atoms with Gasteiger partial charge in [0.15, 0.2) is 5.66 Å². The van der Waals surface area contributed by atoms with Gasteiger partial charge in [-0.25, -0.2) is 4.79 Å². The number of nitrogens with zero attached hydrogens (tertiary/aromatic N) is 2. The van der Waals surface area contributed by atoms with Crippen LogP contribution in [0.5, 0.6) is 0 Å². The van der Waals surface area contributed by atoms with Crippen molar-refractivity contribution >= 4 is 17.9 Å². The molecule has 28 heavy (non-hydrogen) atoms. The van der Waals surface area contributed by atoms with Crippen molar-refractivity contribution in [2.75, 3.05) is 6.61 Å². The number of unbranched alkanes of at least 4 members (excludes halogenated alkanes) is 2. The molecule has 3 atom stereocenters. The molecule has 0 aliphatic carbocycles. The van der Waals surface area contributed by atoms with E-state index in [2.05, 4.69) is 20.8 Å². The standard InChI is InChI=1S/C21H27N3O4/c1-4-5-6-11-15-21(18-20(2,3)12-28-19(27)24(18)21)23(15)17(26)14-10-8-7-9-13(14)16(22)25/h7-10,15,18H,4-6,11-12H2,1-3H3,(H2,22,25)/t15-,18?,21+,23?,24?/m0/s1. The molecule has 4 rings (SSSR count). The Kier molecular flexibility index (Phi) is 4.17. The zero-order valence-corrected chi connectivity index (χ0v) is 16.6. The molecule has 0 bridgehead atoms. The van der Waals surface area contributed by atoms with Gasteiger partial charge < -0.3 is 15.4 Å². The fourth-order valence-electron chi connectivity index (χ4n) is 5.06. The summed E-state index contributed by atoms with van der Waals surface area (Å²) in [5.41, 5.74) is 5.12. The third-order valence-electron chi connectivity index (χ3n) is 6.33. The summed E-state index contributed by atoms with van der Waals surface area (Å²) in [5.74, 6) is -0.871. The Morgan fingerprint density at radius 2 is 1.89 bits per heavy atom. The van der Waals surface area contributed by atoms with Crippen LogP contribution in [-0.4, -0.2) is 52.1 Å². The molecule has 3 aliphatic rings. The lowest BCUT2D eigenvalue weighted by Gasteiger charge is -2.27. The van der Waals surface area contributed by atoms with Gasteiger partial charge in [0.1, 0.15) is 6.61 Å². The van der Waals surface area contributed by atoms with Gasteiger partial charge in [-0.3, -0.25) is 14.5 Å². The zero-order chi connectivity index (χ0) is 20.3. The summed E-state index contributed by atoms with van der Waals surface area (Å²) in [6.07, 6.45) is 3.61. The maximum Gasteiger partial charge on any atom is 0.412 e. The van der Waals surface area contributed by atoms with Crippen LogP contribution in [0.4, 0.5) is 4.79 Å². The number of cyclic esters (lactones) is 1. The Labute approximate surface area is 164 Å². The molecule has 1 aromatic carbocycles. The second-order valence-corrected chi connectivity index (χ2v) is 8.70. The van der Waals surface area contributed by atoms with Crippen LogP contribution in [0.15, 0.2) is 24.3 Å². The molecule has 1 aromatic rings. The molecule has 0 saturated carbocycles. The van der Waals surface area contributed by atoms with Crippen molar-refractivity contribution in [3.63, 3.8) is 0 Å². The number of benzene rings is 1. The minimum absolute atomic E-state index is 0.0533. The summed E-state index contributed by atoms with van der Waals surface area (Å²) in [4.78, 5) is 41.2. The predicted molar refractivity (Wildman–Crippen MR) is 103 cm³/mol. The van der Waals surface area contributed by atoms with Crippen LogP contribution in [0.2, 0.25) is 0 Å². The highest BCUT2D eigenvalue weighted by Crippen LogP contribution is 2.68. The number of hydrogen-bond acceptors (Lipinski definition) is 4. The monoisotopic (exact) mass is 385 g/mol. The van der Waals surface area contributed by atoms with Gasteiger partial charge in [0.25, 0.3) is 5.91 Å². The fraction of sp³-hybridized carbons (Fsp3) is 0.571. The third-order valence-corrected chi connectivity index (χ3v) is 6.33. The molecule has 0 aromatic heterocycles. The normalized spacial score (nSPS) is 29.3. The zero-order valence-electron chi connectivity index (χ0n) is 16.6. The van der Waals surface area contributed by atoms with E-state index >= 15 is 0 Å². The van der Waals surface area contributed by atoms with E-state index in [9.17, 15) is 14.4 Å². The van der Waals surface area contributed by atoms with Crippen LogP contribution in [0.1, 0.15) is 67.2 Å². The lowest BCUT2D eigenvalue weighted by molar-refractivity contribution is 0.0494. The number of hydrogen-bond donors (Lipinski definition) is 1. The lowest BCUT2D eigenvalue weighted by atomic mass is 9.86. The second-order valence-electron chi connectivity index (χ2n) is 8.70. The average molecular weight is 385 g/mol. The minimum atomic E-state index is -0.629. The van der Waals surface area contributed by atoms with E-state index in [0.717, 1.165) is 25.7 Å². The highest BCUT2D eigenvalue weighted by Gasteiger charge is 2.90. The maximum absolute atomic E-state index is 13.4. The molecule has 1 spiro atoms. The smallest absolute Gasteiger partial charge is 0.412 e. The van der Waals surface area contributed by atoms with E-state index in [1.54, 1.807) is 34.1 Å². The number of amides is 3. The van der Waals surface area contributed by atoms with Gasteiger partial charge in [-0.1, -0.05) is 52.2 Å². The molecule has 150 valence electrons. The molecule has 7 heteroatoms. The molecular weight excluding hydrogens is 358 g/mol. The lowest BCUT2D eigenvalue weighted by Crippen LogP contribution is -2.37. The largest absolute Gasteiger partial charge is 0.449 e. The molecule has 1 unspecified atom stereocenters. The highest BCUT2D eigenvalue weighted by molar-refractivity contribution is 6.08. The molecule has 3 fully saturated rings.